The molecule has 1 aromatic carbocycles. The molecule has 1 amide bonds. The van der Waals surface area contributed by atoms with Crippen LogP contribution < -0.4 is 9.47 Å². The molecule has 0 saturated carbocycles. The second-order valence-corrected chi connectivity index (χ2v) is 5.84. The molecule has 1 fully saturated rings. The number of likely N-dealkylation sites (tertiary alicyclic amines) is 1. The standard InChI is InChI=1S/C18H23NO5/c1-5-6-12-9-13(10-15(23-3)16(12)24-4)17(20)19-8-7-14(11(19)2)18(21)22/h5,9-11,14H,1,6-8H2,2-4H3,(H,21,22). The molecule has 0 radical (unpaired) electrons. The molecule has 0 spiro atoms. The van der Waals surface area contributed by atoms with Gasteiger partial charge in [0.15, 0.2) is 11.5 Å². The van der Waals surface area contributed by atoms with E-state index in [-0.39, 0.29) is 11.9 Å². The van der Waals surface area contributed by atoms with Gasteiger partial charge in [0.25, 0.3) is 5.91 Å². The molecule has 24 heavy (non-hydrogen) atoms. The van der Waals surface area contributed by atoms with Gasteiger partial charge in [-0.25, -0.2) is 0 Å². The van der Waals surface area contributed by atoms with Gasteiger partial charge < -0.3 is 19.5 Å². The number of benzene rings is 1. The van der Waals surface area contributed by atoms with E-state index >= 15 is 0 Å². The average Bonchev–Trinajstić information content (AvgIpc) is 2.95. The summed E-state index contributed by atoms with van der Waals surface area (Å²) >= 11 is 0. The third kappa shape index (κ3) is 3.22. The zero-order valence-electron chi connectivity index (χ0n) is 14.2. The van der Waals surface area contributed by atoms with Crippen LogP contribution >= 0.6 is 0 Å². The average molecular weight is 333 g/mol. The summed E-state index contributed by atoms with van der Waals surface area (Å²) in [6.07, 6.45) is 2.73. The Morgan fingerprint density at radius 2 is 2.08 bits per heavy atom. The Hall–Kier alpha value is -2.50. The van der Waals surface area contributed by atoms with Crippen LogP contribution in [0, 0.1) is 5.92 Å². The number of hydrogen-bond acceptors (Lipinski definition) is 4. The van der Waals surface area contributed by atoms with Crippen LogP contribution in [0.1, 0.15) is 29.3 Å². The van der Waals surface area contributed by atoms with Crippen molar-refractivity contribution >= 4 is 11.9 Å². The largest absolute Gasteiger partial charge is 0.493 e. The molecular formula is C18H23NO5. The monoisotopic (exact) mass is 333 g/mol. The fourth-order valence-electron chi connectivity index (χ4n) is 3.20. The first-order valence-corrected chi connectivity index (χ1v) is 7.84. The summed E-state index contributed by atoms with van der Waals surface area (Å²) in [6, 6.07) is 3.05. The third-order valence-electron chi connectivity index (χ3n) is 4.50. The molecule has 130 valence electrons. The molecule has 6 nitrogen and oxygen atoms in total. The van der Waals surface area contributed by atoms with Gasteiger partial charge >= 0.3 is 5.97 Å². The fraction of sp³-hybridized carbons (Fsp3) is 0.444. The Kier molecular flexibility index (Phi) is 5.49. The lowest BCUT2D eigenvalue weighted by Gasteiger charge is -2.24. The number of rotatable bonds is 6. The van der Waals surface area contributed by atoms with Crippen LogP contribution in [0.4, 0.5) is 0 Å². The zero-order valence-corrected chi connectivity index (χ0v) is 14.2. The predicted molar refractivity (Wildman–Crippen MR) is 89.7 cm³/mol. The maximum absolute atomic E-state index is 12.9. The summed E-state index contributed by atoms with van der Waals surface area (Å²) in [5, 5.41) is 9.23. The molecule has 1 aromatic rings. The van der Waals surface area contributed by atoms with Crippen molar-refractivity contribution < 1.29 is 24.2 Å². The molecule has 1 aliphatic rings. The van der Waals surface area contributed by atoms with Crippen molar-refractivity contribution in [1.82, 2.24) is 4.90 Å². The summed E-state index contributed by atoms with van der Waals surface area (Å²) in [6.45, 7) is 5.93. The van der Waals surface area contributed by atoms with Gasteiger partial charge in [0.05, 0.1) is 20.1 Å². The van der Waals surface area contributed by atoms with Crippen molar-refractivity contribution in [3.05, 3.63) is 35.9 Å². The summed E-state index contributed by atoms with van der Waals surface area (Å²) in [5.74, 6) is -0.537. The lowest BCUT2D eigenvalue weighted by atomic mass is 10.0. The van der Waals surface area contributed by atoms with Crippen LogP contribution in [0.3, 0.4) is 0 Å². The molecular weight excluding hydrogens is 310 g/mol. The van der Waals surface area contributed by atoms with E-state index < -0.39 is 11.9 Å². The van der Waals surface area contributed by atoms with Gasteiger partial charge in [-0.15, -0.1) is 6.58 Å². The van der Waals surface area contributed by atoms with E-state index in [4.69, 9.17) is 9.47 Å². The first kappa shape index (κ1) is 17.8. The summed E-state index contributed by atoms with van der Waals surface area (Å²) in [4.78, 5) is 25.7. The molecule has 2 rings (SSSR count). The highest BCUT2D eigenvalue weighted by molar-refractivity contribution is 5.96. The van der Waals surface area contributed by atoms with E-state index in [2.05, 4.69) is 6.58 Å². The van der Waals surface area contributed by atoms with Crippen LogP contribution in [-0.4, -0.2) is 48.7 Å². The van der Waals surface area contributed by atoms with Gasteiger partial charge in [0, 0.05) is 23.7 Å². The van der Waals surface area contributed by atoms with Crippen molar-refractivity contribution in [3.63, 3.8) is 0 Å². The summed E-state index contributed by atoms with van der Waals surface area (Å²) < 4.78 is 10.7. The van der Waals surface area contributed by atoms with Crippen molar-refractivity contribution in [2.75, 3.05) is 20.8 Å². The first-order chi connectivity index (χ1) is 11.4. The molecule has 1 aliphatic heterocycles. The Morgan fingerprint density at radius 1 is 1.38 bits per heavy atom. The van der Waals surface area contributed by atoms with E-state index in [1.807, 2.05) is 0 Å². The minimum absolute atomic E-state index is 0.197. The van der Waals surface area contributed by atoms with Crippen LogP contribution in [-0.2, 0) is 11.2 Å². The summed E-state index contributed by atoms with van der Waals surface area (Å²) in [5.41, 5.74) is 1.26. The van der Waals surface area contributed by atoms with Gasteiger partial charge in [-0.05, 0) is 31.9 Å². The Labute approximate surface area is 141 Å². The number of allylic oxidation sites excluding steroid dienone is 1. The number of nitrogens with zero attached hydrogens (tertiary/aromatic N) is 1. The van der Waals surface area contributed by atoms with Gasteiger partial charge in [-0.3, -0.25) is 9.59 Å². The van der Waals surface area contributed by atoms with E-state index in [9.17, 15) is 14.7 Å². The second kappa shape index (κ2) is 7.38. The predicted octanol–water partition coefficient (Wildman–Crippen LogP) is 2.37. The fourth-order valence-corrected chi connectivity index (χ4v) is 3.20. The molecule has 0 aromatic heterocycles. The summed E-state index contributed by atoms with van der Waals surface area (Å²) in [7, 11) is 3.06. The number of hydrogen-bond donors (Lipinski definition) is 1. The molecule has 2 atom stereocenters. The Balaban J connectivity index is 2.37. The van der Waals surface area contributed by atoms with E-state index in [1.165, 1.54) is 7.11 Å². The molecule has 1 saturated heterocycles. The molecule has 0 aliphatic carbocycles. The smallest absolute Gasteiger partial charge is 0.308 e. The Morgan fingerprint density at radius 3 is 2.58 bits per heavy atom. The molecule has 0 bridgehead atoms. The molecule has 6 heteroatoms. The topological polar surface area (TPSA) is 76.1 Å². The lowest BCUT2D eigenvalue weighted by molar-refractivity contribution is -0.142. The zero-order chi connectivity index (χ0) is 17.9. The number of ether oxygens (including phenoxy) is 2. The van der Waals surface area contributed by atoms with Gasteiger partial charge in [-0.1, -0.05) is 6.08 Å². The van der Waals surface area contributed by atoms with Crippen LogP contribution in [0.25, 0.3) is 0 Å². The number of amides is 1. The molecule has 2 unspecified atom stereocenters. The van der Waals surface area contributed by atoms with Crippen LogP contribution in [0.15, 0.2) is 24.8 Å². The quantitative estimate of drug-likeness (QED) is 0.809. The van der Waals surface area contributed by atoms with Crippen molar-refractivity contribution in [1.29, 1.82) is 0 Å². The van der Waals surface area contributed by atoms with Crippen molar-refractivity contribution in [2.45, 2.75) is 25.8 Å². The van der Waals surface area contributed by atoms with E-state index in [0.717, 1.165) is 5.56 Å². The minimum Gasteiger partial charge on any atom is -0.493 e. The Bertz CT molecular complexity index is 655. The highest BCUT2D eigenvalue weighted by atomic mass is 16.5. The molecule has 1 heterocycles. The number of carboxylic acids is 1. The van der Waals surface area contributed by atoms with Crippen molar-refractivity contribution in [3.8, 4) is 11.5 Å². The minimum atomic E-state index is -0.863. The molecule has 1 N–H and O–H groups in total. The van der Waals surface area contributed by atoms with Gasteiger partial charge in [-0.2, -0.15) is 0 Å². The van der Waals surface area contributed by atoms with Crippen LogP contribution in [0.5, 0.6) is 11.5 Å². The highest BCUT2D eigenvalue weighted by Gasteiger charge is 2.38. The SMILES string of the molecule is C=CCc1cc(C(=O)N2CCC(C(=O)O)C2C)cc(OC)c1OC. The maximum Gasteiger partial charge on any atom is 0.308 e. The van der Waals surface area contributed by atoms with Crippen molar-refractivity contribution in [2.24, 2.45) is 5.92 Å². The lowest BCUT2D eigenvalue weighted by Crippen LogP contribution is -2.37. The number of carbonyl (C=O) groups is 2. The second-order valence-electron chi connectivity index (χ2n) is 5.84. The van der Waals surface area contributed by atoms with E-state index in [0.29, 0.717) is 36.4 Å². The number of aliphatic carboxylic acids is 1. The van der Waals surface area contributed by atoms with Gasteiger partial charge in [0.2, 0.25) is 0 Å². The van der Waals surface area contributed by atoms with Gasteiger partial charge in [0.1, 0.15) is 0 Å². The van der Waals surface area contributed by atoms with E-state index in [1.54, 1.807) is 37.1 Å². The number of carboxylic acid groups (broad SMARTS) is 1. The maximum atomic E-state index is 12.9. The first-order valence-electron chi connectivity index (χ1n) is 7.84. The third-order valence-corrected chi connectivity index (χ3v) is 4.50. The van der Waals surface area contributed by atoms with Crippen LogP contribution in [0.2, 0.25) is 0 Å². The number of methoxy groups -OCH3 is 2. The number of carbonyl (C=O) groups excluding carboxylic acids is 1. The highest BCUT2D eigenvalue weighted by Crippen LogP contribution is 2.34. The normalized spacial score (nSPS) is 19.9.